The van der Waals surface area contributed by atoms with Crippen molar-refractivity contribution in [3.8, 4) is 0 Å². The topological polar surface area (TPSA) is 60.9 Å². The Balaban J connectivity index is 1.68. The Kier molecular flexibility index (Phi) is 6.28. The van der Waals surface area contributed by atoms with E-state index in [1.54, 1.807) is 0 Å². The molecule has 2 aliphatic heterocycles. The highest BCUT2D eigenvalue weighted by molar-refractivity contribution is 7.91. The van der Waals surface area contributed by atoms with Crippen LogP contribution >= 0.6 is 7.44 Å². The lowest BCUT2D eigenvalue weighted by Gasteiger charge is -2.44. The van der Waals surface area contributed by atoms with Gasteiger partial charge in [0.2, 0.25) is 0 Å². The van der Waals surface area contributed by atoms with Crippen molar-refractivity contribution < 1.29 is 13.0 Å². The minimum Gasteiger partial charge on any atom is -0.304 e. The van der Waals surface area contributed by atoms with Gasteiger partial charge in [0.05, 0.1) is 11.5 Å². The Hall–Kier alpha value is -2.60. The van der Waals surface area contributed by atoms with E-state index in [2.05, 4.69) is 14.2 Å². The smallest absolute Gasteiger partial charge is 0.284 e. The summed E-state index contributed by atoms with van der Waals surface area (Å²) in [6, 6.07) is 28.0. The molecule has 34 heavy (non-hydrogen) atoms. The molecule has 1 atom stereocenters. The largest absolute Gasteiger partial charge is 0.304 e. The predicted octanol–water partition coefficient (Wildman–Crippen LogP) is 4.94. The maximum absolute atomic E-state index is 15.6. The van der Waals surface area contributed by atoms with Gasteiger partial charge in [0.1, 0.15) is 5.78 Å². The second-order valence-electron chi connectivity index (χ2n) is 8.98. The number of sulfone groups is 1. The third-order valence-electron chi connectivity index (χ3n) is 6.74. The number of rotatable bonds is 5. The van der Waals surface area contributed by atoms with Gasteiger partial charge in [-0.1, -0.05) is 66.2 Å². The third-order valence-corrected chi connectivity index (χ3v) is 11.9. The molecule has 0 bridgehead atoms. The lowest BCUT2D eigenvalue weighted by Crippen LogP contribution is -2.44. The van der Waals surface area contributed by atoms with E-state index >= 15 is 4.57 Å². The third kappa shape index (κ3) is 4.28. The molecule has 3 aromatic carbocycles. The van der Waals surface area contributed by atoms with Gasteiger partial charge in [-0.3, -0.25) is 9.46 Å². The maximum Gasteiger partial charge on any atom is 0.284 e. The normalized spacial score (nSPS) is 20.9. The molecule has 5 rings (SSSR count). The molecule has 0 aromatic heterocycles. The second kappa shape index (κ2) is 9.21. The molecule has 0 N–H and O–H groups in total. The first kappa shape index (κ1) is 23.2. The number of benzene rings is 3. The van der Waals surface area contributed by atoms with Crippen molar-refractivity contribution in [3.05, 3.63) is 96.1 Å². The first-order chi connectivity index (χ1) is 16.4. The Morgan fingerprint density at radius 3 is 1.65 bits per heavy atom. The van der Waals surface area contributed by atoms with Gasteiger partial charge in [-0.05, 0) is 36.8 Å². The molecular weight excluding hydrogens is 465 g/mol. The van der Waals surface area contributed by atoms with E-state index in [1.165, 1.54) is 0 Å². The van der Waals surface area contributed by atoms with Gasteiger partial charge >= 0.3 is 0 Å². The van der Waals surface area contributed by atoms with Gasteiger partial charge in [-0.2, -0.15) is 0 Å². The number of hydrogen-bond acceptors (Lipinski definition) is 4. The molecule has 2 aliphatic rings. The van der Waals surface area contributed by atoms with E-state index < -0.39 is 23.1 Å². The molecule has 2 heterocycles. The molecular formula is C26H30N3O3PS. The van der Waals surface area contributed by atoms with E-state index in [0.29, 0.717) is 26.2 Å². The van der Waals surface area contributed by atoms with Crippen LogP contribution in [-0.2, 0) is 14.4 Å². The Labute approximate surface area is 202 Å². The van der Waals surface area contributed by atoms with Crippen molar-refractivity contribution >= 4 is 28.7 Å². The molecule has 0 spiro atoms. The van der Waals surface area contributed by atoms with E-state index in [-0.39, 0.29) is 11.5 Å². The summed E-state index contributed by atoms with van der Waals surface area (Å²) in [5.74, 6) is -0.274. The zero-order valence-corrected chi connectivity index (χ0v) is 21.0. The number of aryl methyl sites for hydroxylation is 1. The summed E-state index contributed by atoms with van der Waals surface area (Å²) in [7, 11) is -6.37. The minimum atomic E-state index is -3.29. The SMILES string of the molecule is Cc1ccc(C(N2CCS(=O)(=O)CC2)P2(=O)N(c3ccccc3)CCN2c2ccccc2)cc1. The zero-order chi connectivity index (χ0) is 23.8. The van der Waals surface area contributed by atoms with Crippen LogP contribution < -0.4 is 9.34 Å². The Morgan fingerprint density at radius 1 is 0.706 bits per heavy atom. The lowest BCUT2D eigenvalue weighted by molar-refractivity contribution is 0.267. The minimum absolute atomic E-state index is 0.0893. The van der Waals surface area contributed by atoms with Crippen LogP contribution in [0.2, 0.25) is 0 Å². The Morgan fingerprint density at radius 2 is 1.18 bits per heavy atom. The summed E-state index contributed by atoms with van der Waals surface area (Å²) < 4.78 is 44.2. The summed E-state index contributed by atoms with van der Waals surface area (Å²) in [6.07, 6.45) is 0. The molecule has 0 aliphatic carbocycles. The maximum atomic E-state index is 15.6. The van der Waals surface area contributed by atoms with Crippen LogP contribution in [0.15, 0.2) is 84.9 Å². The van der Waals surface area contributed by atoms with Crippen LogP contribution in [0.4, 0.5) is 11.4 Å². The highest BCUT2D eigenvalue weighted by Crippen LogP contribution is 2.69. The lowest BCUT2D eigenvalue weighted by atomic mass is 10.1. The van der Waals surface area contributed by atoms with Crippen LogP contribution in [0.3, 0.4) is 0 Å². The van der Waals surface area contributed by atoms with Gasteiger partial charge in [-0.15, -0.1) is 0 Å². The second-order valence-corrected chi connectivity index (χ2v) is 13.9. The average Bonchev–Trinajstić information content (AvgIpc) is 3.20. The van der Waals surface area contributed by atoms with Gasteiger partial charge in [0.15, 0.2) is 9.84 Å². The predicted molar refractivity (Wildman–Crippen MR) is 139 cm³/mol. The van der Waals surface area contributed by atoms with Crippen LogP contribution in [0.25, 0.3) is 0 Å². The summed E-state index contributed by atoms with van der Waals surface area (Å²) in [4.78, 5) is 2.13. The molecule has 3 aromatic rings. The molecule has 0 radical (unpaired) electrons. The molecule has 1 unspecified atom stereocenters. The quantitative estimate of drug-likeness (QED) is 0.467. The number of para-hydroxylation sites is 2. The van der Waals surface area contributed by atoms with Crippen molar-refractivity contribution in [2.24, 2.45) is 0 Å². The fraction of sp³-hybridized carbons (Fsp3) is 0.308. The van der Waals surface area contributed by atoms with Crippen LogP contribution in [0.1, 0.15) is 16.9 Å². The molecule has 0 amide bonds. The van der Waals surface area contributed by atoms with Crippen molar-refractivity contribution in [1.29, 1.82) is 0 Å². The number of hydrogen-bond donors (Lipinski definition) is 0. The van der Waals surface area contributed by atoms with Crippen LogP contribution in [-0.4, -0.2) is 51.0 Å². The molecule has 2 fully saturated rings. The highest BCUT2D eigenvalue weighted by atomic mass is 32.2. The first-order valence-corrected chi connectivity index (χ1v) is 15.2. The van der Waals surface area contributed by atoms with Crippen molar-refractivity contribution in [1.82, 2.24) is 4.90 Å². The highest BCUT2D eigenvalue weighted by Gasteiger charge is 2.52. The van der Waals surface area contributed by atoms with E-state index in [9.17, 15) is 8.42 Å². The monoisotopic (exact) mass is 495 g/mol. The Bertz CT molecular complexity index is 1220. The summed E-state index contributed by atoms with van der Waals surface area (Å²) in [5, 5.41) is 0. The van der Waals surface area contributed by atoms with Crippen molar-refractivity contribution in [3.63, 3.8) is 0 Å². The summed E-state index contributed by atoms with van der Waals surface area (Å²) in [6.45, 7) is 4.04. The fourth-order valence-corrected chi connectivity index (χ4v) is 9.90. The molecule has 2 saturated heterocycles. The van der Waals surface area contributed by atoms with Crippen LogP contribution in [0.5, 0.6) is 0 Å². The summed E-state index contributed by atoms with van der Waals surface area (Å²) in [5.41, 5.74) is 3.93. The van der Waals surface area contributed by atoms with Gasteiger partial charge in [0, 0.05) is 37.6 Å². The number of anilines is 2. The van der Waals surface area contributed by atoms with Crippen molar-refractivity contribution in [2.45, 2.75) is 12.7 Å². The number of nitrogens with zero attached hydrogens (tertiary/aromatic N) is 3. The molecule has 6 nitrogen and oxygen atoms in total. The average molecular weight is 496 g/mol. The molecule has 0 saturated carbocycles. The van der Waals surface area contributed by atoms with Gasteiger partial charge in [0.25, 0.3) is 7.44 Å². The standard InChI is InChI=1S/C26H30N3O3PS/c1-22-12-14-23(15-13-22)26(27-18-20-34(31,32)21-19-27)33(30)28(24-8-4-2-5-9-24)16-17-29(33)25-10-6-3-7-11-25/h2-15,26H,16-21H2,1H3. The zero-order valence-electron chi connectivity index (χ0n) is 19.3. The summed E-state index contributed by atoms with van der Waals surface area (Å²) >= 11 is 0. The van der Waals surface area contributed by atoms with Crippen molar-refractivity contribution in [2.75, 3.05) is 47.0 Å². The van der Waals surface area contributed by atoms with E-state index in [0.717, 1.165) is 22.5 Å². The van der Waals surface area contributed by atoms with E-state index in [1.807, 2.05) is 91.9 Å². The molecule has 8 heteroatoms. The first-order valence-electron chi connectivity index (χ1n) is 11.7. The van der Waals surface area contributed by atoms with E-state index in [4.69, 9.17) is 0 Å². The van der Waals surface area contributed by atoms with Crippen LogP contribution in [0, 0.1) is 6.92 Å². The van der Waals surface area contributed by atoms with Gasteiger partial charge in [-0.25, -0.2) is 8.42 Å². The molecule has 178 valence electrons. The van der Waals surface area contributed by atoms with Gasteiger partial charge < -0.3 is 9.34 Å². The fourth-order valence-electron chi connectivity index (χ4n) is 4.99.